The molecule has 0 radical (unpaired) electrons. The number of aliphatic imine (C=N–C) groups is 1. The molecule has 0 amide bonds. The Morgan fingerprint density at radius 1 is 1.29 bits per heavy atom. The van der Waals surface area contributed by atoms with E-state index in [9.17, 15) is 4.39 Å². The largest absolute Gasteiger partial charge is 0.381 e. The summed E-state index contributed by atoms with van der Waals surface area (Å²) in [7, 11) is 0. The monoisotopic (exact) mass is 233 g/mol. The molecule has 0 bridgehead atoms. The topological polar surface area (TPSA) is 21.6 Å². The van der Waals surface area contributed by atoms with Crippen LogP contribution in [0.4, 0.5) is 4.39 Å². The summed E-state index contributed by atoms with van der Waals surface area (Å²) in [5.74, 6) is 0. The molecule has 3 heteroatoms. The number of benzene rings is 1. The van der Waals surface area contributed by atoms with E-state index in [-0.39, 0.29) is 0 Å². The number of nitrogens with zero attached hydrogens (tertiary/aromatic N) is 1. The lowest BCUT2D eigenvalue weighted by molar-refractivity contribution is -0.0118. The molecular weight excluding hydrogens is 217 g/mol. The maximum absolute atomic E-state index is 14.9. The molecule has 0 aliphatic carbocycles. The van der Waals surface area contributed by atoms with Crippen molar-refractivity contribution in [1.29, 1.82) is 0 Å². The average molecular weight is 233 g/mol. The van der Waals surface area contributed by atoms with Crippen molar-refractivity contribution in [2.24, 2.45) is 4.99 Å². The van der Waals surface area contributed by atoms with Crippen molar-refractivity contribution in [2.45, 2.75) is 32.0 Å². The standard InChI is InChI=1S/C14H16FNO/c1-10-6-11-8-16-9-12(11)7-13(10)14(15)2-4-17-5-3-14/h6-8H,2-5,9H2,1H3. The van der Waals surface area contributed by atoms with Crippen molar-refractivity contribution in [2.75, 3.05) is 13.2 Å². The second kappa shape index (κ2) is 3.91. The second-order valence-electron chi connectivity index (χ2n) is 4.91. The van der Waals surface area contributed by atoms with Gasteiger partial charge >= 0.3 is 0 Å². The van der Waals surface area contributed by atoms with Crippen LogP contribution in [0.3, 0.4) is 0 Å². The Morgan fingerprint density at radius 3 is 2.82 bits per heavy atom. The van der Waals surface area contributed by atoms with Gasteiger partial charge in [0.05, 0.1) is 6.54 Å². The summed E-state index contributed by atoms with van der Waals surface area (Å²) in [6, 6.07) is 4.06. The van der Waals surface area contributed by atoms with E-state index in [1.54, 1.807) is 0 Å². The van der Waals surface area contributed by atoms with E-state index < -0.39 is 5.67 Å². The number of ether oxygens (including phenoxy) is 1. The number of halogens is 1. The molecule has 2 heterocycles. The van der Waals surface area contributed by atoms with Gasteiger partial charge in [-0.1, -0.05) is 0 Å². The van der Waals surface area contributed by atoms with Crippen LogP contribution in [0, 0.1) is 6.92 Å². The van der Waals surface area contributed by atoms with Gasteiger partial charge in [-0.3, -0.25) is 4.99 Å². The van der Waals surface area contributed by atoms with Crippen molar-refractivity contribution in [3.8, 4) is 0 Å². The maximum Gasteiger partial charge on any atom is 0.140 e. The normalized spacial score (nSPS) is 21.5. The third-order valence-corrected chi connectivity index (χ3v) is 3.75. The Kier molecular flexibility index (Phi) is 2.51. The maximum atomic E-state index is 14.9. The molecule has 1 aromatic carbocycles. The number of alkyl halides is 1. The summed E-state index contributed by atoms with van der Waals surface area (Å²) in [5, 5.41) is 0. The highest BCUT2D eigenvalue weighted by Crippen LogP contribution is 2.39. The summed E-state index contributed by atoms with van der Waals surface area (Å²) < 4.78 is 20.2. The van der Waals surface area contributed by atoms with Crippen LogP contribution in [0.5, 0.6) is 0 Å². The van der Waals surface area contributed by atoms with Gasteiger partial charge < -0.3 is 4.74 Å². The van der Waals surface area contributed by atoms with Crippen LogP contribution < -0.4 is 0 Å². The summed E-state index contributed by atoms with van der Waals surface area (Å²) in [4.78, 5) is 4.23. The van der Waals surface area contributed by atoms with Gasteiger partial charge in [-0.05, 0) is 41.3 Å². The highest BCUT2D eigenvalue weighted by molar-refractivity contribution is 5.85. The molecule has 0 unspecified atom stereocenters. The Bertz CT molecular complexity index is 475. The summed E-state index contributed by atoms with van der Waals surface area (Å²) in [5.41, 5.74) is 2.95. The average Bonchev–Trinajstić information content (AvgIpc) is 2.76. The molecule has 0 atom stereocenters. The molecule has 17 heavy (non-hydrogen) atoms. The van der Waals surface area contributed by atoms with Crippen molar-refractivity contribution >= 4 is 6.21 Å². The van der Waals surface area contributed by atoms with E-state index in [1.807, 2.05) is 19.2 Å². The van der Waals surface area contributed by atoms with E-state index in [4.69, 9.17) is 4.74 Å². The molecule has 2 nitrogen and oxygen atoms in total. The highest BCUT2D eigenvalue weighted by Gasteiger charge is 2.36. The molecule has 1 aromatic rings. The van der Waals surface area contributed by atoms with E-state index in [2.05, 4.69) is 11.1 Å². The smallest absolute Gasteiger partial charge is 0.140 e. The quantitative estimate of drug-likeness (QED) is 0.731. The van der Waals surface area contributed by atoms with Gasteiger partial charge in [0.1, 0.15) is 5.67 Å². The van der Waals surface area contributed by atoms with Crippen LogP contribution in [0.25, 0.3) is 0 Å². The number of hydrogen-bond acceptors (Lipinski definition) is 2. The van der Waals surface area contributed by atoms with Gasteiger partial charge in [0.2, 0.25) is 0 Å². The Morgan fingerprint density at radius 2 is 2.06 bits per heavy atom. The fourth-order valence-electron chi connectivity index (χ4n) is 2.72. The van der Waals surface area contributed by atoms with E-state index >= 15 is 0 Å². The third-order valence-electron chi connectivity index (χ3n) is 3.75. The minimum atomic E-state index is -1.21. The van der Waals surface area contributed by atoms with Crippen LogP contribution in [0.1, 0.15) is 35.1 Å². The highest BCUT2D eigenvalue weighted by atomic mass is 19.1. The first-order chi connectivity index (χ1) is 8.19. The van der Waals surface area contributed by atoms with E-state index in [0.717, 1.165) is 22.3 Å². The van der Waals surface area contributed by atoms with Crippen LogP contribution >= 0.6 is 0 Å². The zero-order valence-corrected chi connectivity index (χ0v) is 10.0. The van der Waals surface area contributed by atoms with Crippen LogP contribution in [-0.4, -0.2) is 19.4 Å². The molecule has 1 fully saturated rings. The van der Waals surface area contributed by atoms with Gasteiger partial charge in [-0.25, -0.2) is 4.39 Å². The van der Waals surface area contributed by atoms with E-state index in [0.29, 0.717) is 32.6 Å². The first-order valence-electron chi connectivity index (χ1n) is 6.09. The van der Waals surface area contributed by atoms with E-state index in [1.165, 1.54) is 0 Å². The van der Waals surface area contributed by atoms with Crippen molar-refractivity contribution < 1.29 is 9.13 Å². The van der Waals surface area contributed by atoms with Gasteiger partial charge in [0.25, 0.3) is 0 Å². The van der Waals surface area contributed by atoms with Crippen molar-refractivity contribution in [3.63, 3.8) is 0 Å². The zero-order valence-electron chi connectivity index (χ0n) is 10.0. The van der Waals surface area contributed by atoms with Gasteiger partial charge in [0, 0.05) is 32.3 Å². The lowest BCUT2D eigenvalue weighted by atomic mass is 9.84. The van der Waals surface area contributed by atoms with Crippen molar-refractivity contribution in [1.82, 2.24) is 0 Å². The van der Waals surface area contributed by atoms with Crippen LogP contribution in [0.2, 0.25) is 0 Å². The number of rotatable bonds is 1. The number of aryl methyl sites for hydroxylation is 1. The lowest BCUT2D eigenvalue weighted by Gasteiger charge is -2.31. The van der Waals surface area contributed by atoms with Crippen LogP contribution in [0.15, 0.2) is 17.1 Å². The Labute approximate surface area is 101 Å². The molecule has 0 aromatic heterocycles. The predicted octanol–water partition coefficient (Wildman–Crippen LogP) is 2.90. The minimum Gasteiger partial charge on any atom is -0.381 e. The molecule has 3 rings (SSSR count). The second-order valence-corrected chi connectivity index (χ2v) is 4.91. The molecule has 0 N–H and O–H groups in total. The molecule has 0 spiro atoms. The Balaban J connectivity index is 2.03. The lowest BCUT2D eigenvalue weighted by Crippen LogP contribution is -2.30. The van der Waals surface area contributed by atoms with Crippen LogP contribution in [-0.2, 0) is 17.0 Å². The molecular formula is C14H16FNO. The number of fused-ring (bicyclic) bond motifs is 1. The van der Waals surface area contributed by atoms with Gasteiger partial charge in [-0.15, -0.1) is 0 Å². The third kappa shape index (κ3) is 1.78. The minimum absolute atomic E-state index is 0.466. The predicted molar refractivity (Wildman–Crippen MR) is 65.3 cm³/mol. The molecule has 2 aliphatic heterocycles. The molecule has 90 valence electrons. The number of hydrogen-bond donors (Lipinski definition) is 0. The fraction of sp³-hybridized carbons (Fsp3) is 0.500. The van der Waals surface area contributed by atoms with Crippen molar-refractivity contribution in [3.05, 3.63) is 34.4 Å². The Hall–Kier alpha value is -1.22. The van der Waals surface area contributed by atoms with Gasteiger partial charge in [-0.2, -0.15) is 0 Å². The molecule has 2 aliphatic rings. The summed E-state index contributed by atoms with van der Waals surface area (Å²) in [6.07, 6.45) is 2.81. The fourth-order valence-corrected chi connectivity index (χ4v) is 2.72. The van der Waals surface area contributed by atoms with Gasteiger partial charge in [0.15, 0.2) is 0 Å². The SMILES string of the molecule is Cc1cc2c(cc1C1(F)CCOCC1)CN=C2. The summed E-state index contributed by atoms with van der Waals surface area (Å²) in [6.45, 7) is 3.71. The first kappa shape index (κ1) is 10.9. The summed E-state index contributed by atoms with van der Waals surface area (Å²) >= 11 is 0. The zero-order chi connectivity index (χ0) is 11.9. The molecule has 1 saturated heterocycles. The first-order valence-corrected chi connectivity index (χ1v) is 6.09. The molecule has 0 saturated carbocycles.